The number of aliphatic hydroxyl groups excluding tert-OH is 1. The summed E-state index contributed by atoms with van der Waals surface area (Å²) in [4.78, 5) is 29.5. The van der Waals surface area contributed by atoms with E-state index in [0.717, 1.165) is 5.56 Å². The third-order valence-electron chi connectivity index (χ3n) is 7.78. The molecule has 5 rings (SSSR count). The fraction of sp³-hybridized carbons (Fsp3) is 0.300. The first-order chi connectivity index (χ1) is 18.6. The number of carbonyl (C=O) groups is 2. The van der Waals surface area contributed by atoms with E-state index in [1.165, 1.54) is 6.07 Å². The number of benzene rings is 3. The molecule has 2 amide bonds. The Morgan fingerprint density at radius 3 is 2.62 bits per heavy atom. The number of para-hydroxylation sites is 1. The normalized spacial score (nSPS) is 21.9. The molecule has 0 saturated carbocycles. The molecule has 1 spiro atoms. The first kappa shape index (κ1) is 26.7. The van der Waals surface area contributed by atoms with Gasteiger partial charge in [-0.15, -0.1) is 0 Å². The van der Waals surface area contributed by atoms with Crippen molar-refractivity contribution in [2.75, 3.05) is 22.1 Å². The van der Waals surface area contributed by atoms with E-state index in [2.05, 4.69) is 10.6 Å². The van der Waals surface area contributed by atoms with Crippen LogP contribution in [-0.4, -0.2) is 35.6 Å². The largest absolute Gasteiger partial charge is 0.396 e. The van der Waals surface area contributed by atoms with E-state index in [4.69, 9.17) is 16.9 Å². The molecule has 1 saturated heterocycles. The van der Waals surface area contributed by atoms with Crippen LogP contribution in [-0.2, 0) is 15.0 Å². The lowest BCUT2D eigenvalue weighted by Gasteiger charge is -2.40. The van der Waals surface area contributed by atoms with Crippen molar-refractivity contribution in [3.8, 4) is 6.07 Å². The fourth-order valence-electron chi connectivity index (χ4n) is 5.83. The van der Waals surface area contributed by atoms with Gasteiger partial charge < -0.3 is 20.6 Å². The number of amides is 2. The van der Waals surface area contributed by atoms with Crippen molar-refractivity contribution < 1.29 is 19.1 Å². The zero-order valence-corrected chi connectivity index (χ0v) is 22.3. The minimum absolute atomic E-state index is 0.0795. The average molecular weight is 547 g/mol. The number of halogens is 2. The summed E-state index contributed by atoms with van der Waals surface area (Å²) in [5.41, 5.74) is 0.557. The summed E-state index contributed by atoms with van der Waals surface area (Å²) in [6.45, 7) is 3.57. The van der Waals surface area contributed by atoms with Crippen LogP contribution in [0, 0.1) is 22.6 Å². The first-order valence-electron chi connectivity index (χ1n) is 12.7. The summed E-state index contributed by atoms with van der Waals surface area (Å²) in [5, 5.41) is 25.1. The molecule has 1 fully saturated rings. The Morgan fingerprint density at radius 1 is 1.21 bits per heavy atom. The van der Waals surface area contributed by atoms with Crippen LogP contribution >= 0.6 is 11.6 Å². The lowest BCUT2D eigenvalue weighted by molar-refractivity contribution is -0.121. The maximum Gasteiger partial charge on any atom is 0.247 e. The van der Waals surface area contributed by atoms with Gasteiger partial charge in [0.25, 0.3) is 0 Å². The SMILES string of the molecule is CC(C)(CO)CC1N(c2cccc(Cl)c2F)C(C(=O)Nc2ccc(C#N)cc2)CC12C(=O)Nc1ccccc12. The number of carbonyl (C=O) groups excluding carboxylic acids is 2. The molecule has 2 heterocycles. The number of aliphatic hydroxyl groups is 1. The second-order valence-electron chi connectivity index (χ2n) is 10.9. The number of nitrogens with zero attached hydrogens (tertiary/aromatic N) is 2. The second kappa shape index (κ2) is 9.99. The van der Waals surface area contributed by atoms with Gasteiger partial charge in [-0.2, -0.15) is 5.26 Å². The van der Waals surface area contributed by atoms with E-state index in [0.29, 0.717) is 16.9 Å². The molecule has 3 N–H and O–H groups in total. The Bertz CT molecular complexity index is 1490. The summed E-state index contributed by atoms with van der Waals surface area (Å²) in [7, 11) is 0. The van der Waals surface area contributed by atoms with Gasteiger partial charge in [0.15, 0.2) is 5.82 Å². The van der Waals surface area contributed by atoms with Crippen LogP contribution in [0.5, 0.6) is 0 Å². The lowest BCUT2D eigenvalue weighted by Crippen LogP contribution is -2.51. The summed E-state index contributed by atoms with van der Waals surface area (Å²) >= 11 is 6.20. The number of hydrogen-bond donors (Lipinski definition) is 3. The van der Waals surface area contributed by atoms with Crippen LogP contribution in [0.25, 0.3) is 0 Å². The van der Waals surface area contributed by atoms with Gasteiger partial charge in [-0.25, -0.2) is 4.39 Å². The van der Waals surface area contributed by atoms with Gasteiger partial charge in [0.2, 0.25) is 11.8 Å². The van der Waals surface area contributed by atoms with Crippen LogP contribution in [0.1, 0.15) is 37.8 Å². The molecule has 2 aliphatic rings. The van der Waals surface area contributed by atoms with Gasteiger partial charge in [0.05, 0.1) is 27.8 Å². The average Bonchev–Trinajstić information content (AvgIpc) is 3.40. The summed E-state index contributed by atoms with van der Waals surface area (Å²) in [5.74, 6) is -1.39. The van der Waals surface area contributed by atoms with Crippen LogP contribution in [0.4, 0.5) is 21.5 Å². The lowest BCUT2D eigenvalue weighted by atomic mass is 9.69. The molecule has 0 radical (unpaired) electrons. The Kier molecular flexibility index (Phi) is 6.83. The molecular weight excluding hydrogens is 519 g/mol. The Balaban J connectivity index is 1.68. The quantitative estimate of drug-likeness (QED) is 0.392. The smallest absolute Gasteiger partial charge is 0.247 e. The van der Waals surface area contributed by atoms with Crippen molar-refractivity contribution in [2.45, 2.75) is 44.2 Å². The number of nitriles is 1. The Hall–Kier alpha value is -3.93. The van der Waals surface area contributed by atoms with Crippen molar-refractivity contribution in [1.29, 1.82) is 5.26 Å². The van der Waals surface area contributed by atoms with Crippen molar-refractivity contribution in [1.82, 2.24) is 0 Å². The van der Waals surface area contributed by atoms with E-state index >= 15 is 4.39 Å². The number of anilines is 3. The Morgan fingerprint density at radius 2 is 1.92 bits per heavy atom. The molecular formula is C30H28ClFN4O3. The predicted molar refractivity (Wildman–Crippen MR) is 148 cm³/mol. The first-order valence-corrected chi connectivity index (χ1v) is 13.0. The van der Waals surface area contributed by atoms with Crippen molar-refractivity contribution in [2.24, 2.45) is 5.41 Å². The number of fused-ring (bicyclic) bond motifs is 2. The monoisotopic (exact) mass is 546 g/mol. The fourth-order valence-corrected chi connectivity index (χ4v) is 6.00. The van der Waals surface area contributed by atoms with Crippen LogP contribution in [0.3, 0.4) is 0 Å². The highest BCUT2D eigenvalue weighted by atomic mass is 35.5. The molecule has 3 aromatic rings. The van der Waals surface area contributed by atoms with Gasteiger partial charge in [-0.3, -0.25) is 9.59 Å². The highest BCUT2D eigenvalue weighted by Crippen LogP contribution is 2.54. The molecule has 3 unspecified atom stereocenters. The van der Waals surface area contributed by atoms with Crippen molar-refractivity contribution >= 4 is 40.5 Å². The molecule has 3 atom stereocenters. The highest BCUT2D eigenvalue weighted by molar-refractivity contribution is 6.31. The van der Waals surface area contributed by atoms with E-state index in [1.807, 2.05) is 44.2 Å². The van der Waals surface area contributed by atoms with Gasteiger partial charge >= 0.3 is 0 Å². The zero-order valence-electron chi connectivity index (χ0n) is 21.5. The van der Waals surface area contributed by atoms with Gasteiger partial charge in [0.1, 0.15) is 6.04 Å². The predicted octanol–water partition coefficient (Wildman–Crippen LogP) is 5.24. The minimum Gasteiger partial charge on any atom is -0.396 e. The molecule has 0 aromatic heterocycles. The van der Waals surface area contributed by atoms with Gasteiger partial charge in [0, 0.05) is 24.0 Å². The van der Waals surface area contributed by atoms with E-state index < -0.39 is 34.6 Å². The molecule has 9 heteroatoms. The maximum atomic E-state index is 15.7. The zero-order chi connectivity index (χ0) is 27.9. The summed E-state index contributed by atoms with van der Waals surface area (Å²) in [6.07, 6.45) is 0.369. The number of hydrogen-bond acceptors (Lipinski definition) is 5. The summed E-state index contributed by atoms with van der Waals surface area (Å²) in [6, 6.07) is 18.8. The van der Waals surface area contributed by atoms with E-state index in [1.54, 1.807) is 41.3 Å². The van der Waals surface area contributed by atoms with E-state index in [-0.39, 0.29) is 36.1 Å². The molecule has 3 aromatic carbocycles. The van der Waals surface area contributed by atoms with E-state index in [9.17, 15) is 14.7 Å². The molecule has 39 heavy (non-hydrogen) atoms. The molecule has 7 nitrogen and oxygen atoms in total. The third kappa shape index (κ3) is 4.52. The summed E-state index contributed by atoms with van der Waals surface area (Å²) < 4.78 is 15.7. The highest BCUT2D eigenvalue weighted by Gasteiger charge is 2.63. The number of nitrogens with one attached hydrogen (secondary N) is 2. The molecule has 2 aliphatic heterocycles. The minimum atomic E-state index is -1.19. The molecule has 0 bridgehead atoms. The maximum absolute atomic E-state index is 15.7. The molecule has 200 valence electrons. The van der Waals surface area contributed by atoms with Crippen LogP contribution in [0.2, 0.25) is 5.02 Å². The van der Waals surface area contributed by atoms with Gasteiger partial charge in [-0.1, -0.05) is 49.7 Å². The van der Waals surface area contributed by atoms with Crippen molar-refractivity contribution in [3.05, 3.63) is 88.7 Å². The van der Waals surface area contributed by atoms with Crippen molar-refractivity contribution in [3.63, 3.8) is 0 Å². The van der Waals surface area contributed by atoms with Crippen LogP contribution in [0.15, 0.2) is 66.7 Å². The standard InChI is InChI=1S/C30H28ClFN4O3/c1-29(2,17-37)15-25-30(20-6-3-4-8-22(20)35-28(30)39)14-24(36(25)23-9-5-7-21(31)26(23)32)27(38)34-19-12-10-18(16-33)11-13-19/h3-13,24-25,37H,14-15,17H2,1-2H3,(H,34,38)(H,35,39). The second-order valence-corrected chi connectivity index (χ2v) is 11.3. The van der Waals surface area contributed by atoms with Crippen LogP contribution < -0.4 is 15.5 Å². The Labute approximate surface area is 231 Å². The molecule has 0 aliphatic carbocycles. The topological polar surface area (TPSA) is 105 Å². The number of rotatable bonds is 6. The van der Waals surface area contributed by atoms with Gasteiger partial charge in [-0.05, 0) is 66.3 Å². The third-order valence-corrected chi connectivity index (χ3v) is 8.08.